The van der Waals surface area contributed by atoms with Crippen molar-refractivity contribution in [1.29, 1.82) is 0 Å². The van der Waals surface area contributed by atoms with Gasteiger partial charge in [0.15, 0.2) is 0 Å². The highest BCUT2D eigenvalue weighted by molar-refractivity contribution is 6.00. The molecular formula is C14H17FN2O3. The number of urea groups is 1. The van der Waals surface area contributed by atoms with E-state index in [4.69, 9.17) is 5.11 Å². The number of carboxylic acids is 1. The average Bonchev–Trinajstić information content (AvgIpc) is 3.23. The third kappa shape index (κ3) is 3.07. The maximum atomic E-state index is 13.1. The predicted octanol–water partition coefficient (Wildman–Crippen LogP) is 2.79. The summed E-state index contributed by atoms with van der Waals surface area (Å²) in [6.45, 7) is 1.96. The van der Waals surface area contributed by atoms with Gasteiger partial charge < -0.3 is 15.3 Å². The van der Waals surface area contributed by atoms with Gasteiger partial charge in [-0.15, -0.1) is 0 Å². The standard InChI is InChI=1S/C14H17FN2O3/c1-8(9-3-4-9)17(2)14(20)16-12-6-5-10(15)7-11(12)13(18)19/h5-9H,3-4H2,1-2H3,(H,16,20)(H,18,19). The molecule has 0 aliphatic heterocycles. The van der Waals surface area contributed by atoms with Crippen molar-refractivity contribution in [2.75, 3.05) is 12.4 Å². The minimum Gasteiger partial charge on any atom is -0.478 e. The summed E-state index contributed by atoms with van der Waals surface area (Å²) in [6.07, 6.45) is 2.21. The number of carbonyl (C=O) groups excluding carboxylic acids is 1. The van der Waals surface area contributed by atoms with Gasteiger partial charge in [0.2, 0.25) is 0 Å². The quantitative estimate of drug-likeness (QED) is 0.891. The summed E-state index contributed by atoms with van der Waals surface area (Å²) < 4.78 is 13.1. The van der Waals surface area contributed by atoms with Gasteiger partial charge in [-0.1, -0.05) is 0 Å². The number of carbonyl (C=O) groups is 2. The molecule has 2 rings (SSSR count). The van der Waals surface area contributed by atoms with Crippen LogP contribution in [0.15, 0.2) is 18.2 Å². The molecule has 6 heteroatoms. The van der Waals surface area contributed by atoms with Crippen molar-refractivity contribution in [2.45, 2.75) is 25.8 Å². The molecule has 1 atom stereocenters. The van der Waals surface area contributed by atoms with Crippen LogP contribution in [0.4, 0.5) is 14.9 Å². The number of halogens is 1. The Kier molecular flexibility index (Phi) is 3.92. The molecule has 0 saturated heterocycles. The zero-order valence-corrected chi connectivity index (χ0v) is 11.4. The van der Waals surface area contributed by atoms with E-state index in [0.29, 0.717) is 5.92 Å². The molecule has 1 aromatic carbocycles. The summed E-state index contributed by atoms with van der Waals surface area (Å²) in [5.41, 5.74) is -0.162. The summed E-state index contributed by atoms with van der Waals surface area (Å²) in [4.78, 5) is 24.7. The molecule has 2 amide bonds. The number of anilines is 1. The van der Waals surface area contributed by atoms with Crippen LogP contribution < -0.4 is 5.32 Å². The average molecular weight is 280 g/mol. The molecule has 1 saturated carbocycles. The lowest BCUT2D eigenvalue weighted by Gasteiger charge is -2.25. The fraction of sp³-hybridized carbons (Fsp3) is 0.429. The number of nitrogens with one attached hydrogen (secondary N) is 1. The normalized spacial score (nSPS) is 15.6. The minimum absolute atomic E-state index is 0.0961. The van der Waals surface area contributed by atoms with Gasteiger partial charge in [0.25, 0.3) is 0 Å². The molecule has 5 nitrogen and oxygen atoms in total. The molecular weight excluding hydrogens is 263 g/mol. The number of aromatic carboxylic acids is 1. The van der Waals surface area contributed by atoms with E-state index >= 15 is 0 Å². The smallest absolute Gasteiger partial charge is 0.337 e. The molecule has 0 aromatic heterocycles. The van der Waals surface area contributed by atoms with Gasteiger partial charge in [-0.2, -0.15) is 0 Å². The number of hydrogen-bond acceptors (Lipinski definition) is 2. The first-order valence-electron chi connectivity index (χ1n) is 6.47. The Morgan fingerprint density at radius 2 is 2.10 bits per heavy atom. The summed E-state index contributed by atoms with van der Waals surface area (Å²) in [5, 5.41) is 11.5. The Hall–Kier alpha value is -2.11. The highest BCUT2D eigenvalue weighted by atomic mass is 19.1. The van der Waals surface area contributed by atoms with Crippen molar-refractivity contribution in [3.63, 3.8) is 0 Å². The van der Waals surface area contributed by atoms with E-state index < -0.39 is 17.8 Å². The second-order valence-corrected chi connectivity index (χ2v) is 5.11. The Labute approximate surface area is 116 Å². The maximum Gasteiger partial charge on any atom is 0.337 e. The topological polar surface area (TPSA) is 69.6 Å². The van der Waals surface area contributed by atoms with E-state index in [1.807, 2.05) is 6.92 Å². The van der Waals surface area contributed by atoms with Gasteiger partial charge in [0.05, 0.1) is 11.3 Å². The van der Waals surface area contributed by atoms with Crippen LogP contribution in [0.5, 0.6) is 0 Å². The van der Waals surface area contributed by atoms with Crippen LogP contribution >= 0.6 is 0 Å². The van der Waals surface area contributed by atoms with Crippen LogP contribution in [0, 0.1) is 11.7 Å². The van der Waals surface area contributed by atoms with E-state index in [9.17, 15) is 14.0 Å². The van der Waals surface area contributed by atoms with Crippen molar-refractivity contribution < 1.29 is 19.1 Å². The number of hydrogen-bond donors (Lipinski definition) is 2. The van der Waals surface area contributed by atoms with Crippen LogP contribution in [-0.4, -0.2) is 35.1 Å². The predicted molar refractivity (Wildman–Crippen MR) is 72.3 cm³/mol. The lowest BCUT2D eigenvalue weighted by atomic mass is 10.1. The minimum atomic E-state index is -1.28. The van der Waals surface area contributed by atoms with Gasteiger partial charge in [0.1, 0.15) is 5.82 Å². The Morgan fingerprint density at radius 3 is 2.65 bits per heavy atom. The molecule has 1 aliphatic carbocycles. The van der Waals surface area contributed by atoms with E-state index in [1.54, 1.807) is 11.9 Å². The monoisotopic (exact) mass is 280 g/mol. The fourth-order valence-electron chi connectivity index (χ4n) is 2.09. The number of amides is 2. The summed E-state index contributed by atoms with van der Waals surface area (Å²) in [7, 11) is 1.67. The van der Waals surface area contributed by atoms with Crippen molar-refractivity contribution >= 4 is 17.7 Å². The molecule has 0 bridgehead atoms. The Morgan fingerprint density at radius 1 is 1.45 bits per heavy atom. The van der Waals surface area contributed by atoms with Gasteiger partial charge in [-0.3, -0.25) is 0 Å². The van der Waals surface area contributed by atoms with Crippen molar-refractivity contribution in [1.82, 2.24) is 4.90 Å². The molecule has 0 radical (unpaired) electrons. The van der Waals surface area contributed by atoms with E-state index in [2.05, 4.69) is 5.32 Å². The molecule has 1 aromatic rings. The molecule has 1 aliphatic rings. The highest BCUT2D eigenvalue weighted by Crippen LogP contribution is 2.34. The molecule has 20 heavy (non-hydrogen) atoms. The zero-order chi connectivity index (χ0) is 14.9. The highest BCUT2D eigenvalue weighted by Gasteiger charge is 2.32. The largest absolute Gasteiger partial charge is 0.478 e. The van der Waals surface area contributed by atoms with E-state index in [-0.39, 0.29) is 17.3 Å². The number of benzene rings is 1. The van der Waals surface area contributed by atoms with E-state index in [1.165, 1.54) is 6.07 Å². The third-order valence-corrected chi connectivity index (χ3v) is 3.69. The van der Waals surface area contributed by atoms with Gasteiger partial charge >= 0.3 is 12.0 Å². The van der Waals surface area contributed by atoms with Crippen molar-refractivity contribution in [2.24, 2.45) is 5.92 Å². The van der Waals surface area contributed by atoms with Crippen molar-refractivity contribution in [3.05, 3.63) is 29.6 Å². The number of carboxylic acid groups (broad SMARTS) is 1. The second kappa shape index (κ2) is 5.48. The molecule has 1 unspecified atom stereocenters. The fourth-order valence-corrected chi connectivity index (χ4v) is 2.09. The van der Waals surface area contributed by atoms with E-state index in [0.717, 1.165) is 25.0 Å². The lowest BCUT2D eigenvalue weighted by molar-refractivity contribution is 0.0697. The Balaban J connectivity index is 2.12. The van der Waals surface area contributed by atoms with Crippen LogP contribution in [0.1, 0.15) is 30.1 Å². The van der Waals surface area contributed by atoms with Crippen LogP contribution in [0.25, 0.3) is 0 Å². The summed E-state index contributed by atoms with van der Waals surface area (Å²) in [5.74, 6) is -1.42. The van der Waals surface area contributed by atoms with Crippen molar-refractivity contribution in [3.8, 4) is 0 Å². The molecule has 2 N–H and O–H groups in total. The first-order valence-corrected chi connectivity index (χ1v) is 6.47. The maximum absolute atomic E-state index is 13.1. The first kappa shape index (κ1) is 14.3. The molecule has 0 heterocycles. The Bertz CT molecular complexity index is 543. The molecule has 0 spiro atoms. The lowest BCUT2D eigenvalue weighted by Crippen LogP contribution is -2.39. The SMILES string of the molecule is CC(C1CC1)N(C)C(=O)Nc1ccc(F)cc1C(=O)O. The third-order valence-electron chi connectivity index (χ3n) is 3.69. The van der Waals surface area contributed by atoms with Gasteiger partial charge in [-0.25, -0.2) is 14.0 Å². The van der Waals surface area contributed by atoms with Gasteiger partial charge in [-0.05, 0) is 43.9 Å². The number of nitrogens with zero attached hydrogens (tertiary/aromatic N) is 1. The van der Waals surface area contributed by atoms with Gasteiger partial charge in [0, 0.05) is 13.1 Å². The summed E-state index contributed by atoms with van der Waals surface area (Å²) >= 11 is 0. The van der Waals surface area contributed by atoms with Crippen LogP contribution in [-0.2, 0) is 0 Å². The number of rotatable bonds is 4. The van der Waals surface area contributed by atoms with Crippen LogP contribution in [0.2, 0.25) is 0 Å². The molecule has 1 fully saturated rings. The summed E-state index contributed by atoms with van der Waals surface area (Å²) in [6, 6.07) is 2.98. The first-order chi connectivity index (χ1) is 9.40. The second-order valence-electron chi connectivity index (χ2n) is 5.11. The van der Waals surface area contributed by atoms with Crippen LogP contribution in [0.3, 0.4) is 0 Å². The zero-order valence-electron chi connectivity index (χ0n) is 11.4. The molecule has 108 valence electrons.